The van der Waals surface area contributed by atoms with Gasteiger partial charge in [-0.15, -0.1) is 0 Å². The summed E-state index contributed by atoms with van der Waals surface area (Å²) in [7, 11) is 0. The largest absolute Gasteiger partial charge is 0.0937 e. The molecule has 0 saturated carbocycles. The standard InChI is InChI=1S/C12H6S2/c1-3-9-13-11-7-5-6-8-12-14-10-4-2/h1-2H3. The smallest absolute Gasteiger partial charge is 0.0144 e. The van der Waals surface area contributed by atoms with Crippen molar-refractivity contribution in [2.24, 2.45) is 0 Å². The lowest BCUT2D eigenvalue weighted by Gasteiger charge is -1.64. The summed E-state index contributed by atoms with van der Waals surface area (Å²) in [4.78, 5) is 0. The maximum absolute atomic E-state index is 2.73. The third-order valence-electron chi connectivity index (χ3n) is 0.698. The molecule has 0 saturated heterocycles. The Kier molecular flexibility index (Phi) is 10.3. The van der Waals surface area contributed by atoms with Crippen molar-refractivity contribution in [2.45, 2.75) is 13.8 Å². The first-order valence-electron chi connectivity index (χ1n) is 3.57. The van der Waals surface area contributed by atoms with E-state index in [2.05, 4.69) is 56.5 Å². The minimum absolute atomic E-state index is 1.22. The molecule has 0 rings (SSSR count). The minimum atomic E-state index is 1.22. The SMILES string of the molecule is CC#CSC#CC#CC#CSC#CC. The monoisotopic (exact) mass is 214 g/mol. The summed E-state index contributed by atoms with van der Waals surface area (Å²) in [6, 6.07) is 0. The molecule has 0 aromatic carbocycles. The van der Waals surface area contributed by atoms with Crippen LogP contribution in [0.5, 0.6) is 0 Å². The van der Waals surface area contributed by atoms with E-state index in [9.17, 15) is 0 Å². The maximum Gasteiger partial charge on any atom is 0.0144 e. The van der Waals surface area contributed by atoms with Crippen molar-refractivity contribution in [2.75, 3.05) is 0 Å². The first-order valence-corrected chi connectivity index (χ1v) is 5.20. The zero-order valence-electron chi connectivity index (χ0n) is 7.82. The van der Waals surface area contributed by atoms with Gasteiger partial charge in [0.1, 0.15) is 0 Å². The summed E-state index contributed by atoms with van der Waals surface area (Å²) in [5, 5.41) is 10.9. The van der Waals surface area contributed by atoms with E-state index in [1.54, 1.807) is 13.8 Å². The van der Waals surface area contributed by atoms with Gasteiger partial charge in [-0.05, 0) is 58.5 Å². The average Bonchev–Trinajstić information content (AvgIpc) is 2.21. The van der Waals surface area contributed by atoms with Gasteiger partial charge in [0.2, 0.25) is 0 Å². The molecular weight excluding hydrogens is 208 g/mol. The average molecular weight is 214 g/mol. The van der Waals surface area contributed by atoms with Gasteiger partial charge in [-0.25, -0.2) is 0 Å². The summed E-state index contributed by atoms with van der Waals surface area (Å²) in [6.07, 6.45) is 0. The van der Waals surface area contributed by atoms with Crippen LogP contribution in [0.3, 0.4) is 0 Å². The van der Waals surface area contributed by atoms with Crippen molar-refractivity contribution in [1.29, 1.82) is 0 Å². The predicted octanol–water partition coefficient (Wildman–Crippen LogP) is 2.34. The molecule has 0 unspecified atom stereocenters. The molecule has 0 atom stereocenters. The van der Waals surface area contributed by atoms with Gasteiger partial charge in [0.25, 0.3) is 0 Å². The number of hydrogen-bond donors (Lipinski definition) is 0. The molecule has 0 nitrogen and oxygen atoms in total. The number of thioether (sulfide) groups is 2. The Balaban J connectivity index is 3.86. The highest BCUT2D eigenvalue weighted by Crippen LogP contribution is 1.90. The molecule has 0 aliphatic carbocycles. The van der Waals surface area contributed by atoms with E-state index < -0.39 is 0 Å². The molecule has 0 N–H and O–H groups in total. The second-order valence-electron chi connectivity index (χ2n) is 1.61. The first-order chi connectivity index (χ1) is 6.91. The highest BCUT2D eigenvalue weighted by Gasteiger charge is 1.64. The van der Waals surface area contributed by atoms with Crippen molar-refractivity contribution in [3.05, 3.63) is 0 Å². The lowest BCUT2D eigenvalue weighted by molar-refractivity contribution is 1.94. The Morgan fingerprint density at radius 2 is 1.00 bits per heavy atom. The van der Waals surface area contributed by atoms with Crippen LogP contribution in [0.2, 0.25) is 0 Å². The Morgan fingerprint density at radius 1 is 0.571 bits per heavy atom. The van der Waals surface area contributed by atoms with Gasteiger partial charge in [-0.1, -0.05) is 11.8 Å². The fourth-order valence-electron chi connectivity index (χ4n) is 0.318. The van der Waals surface area contributed by atoms with Gasteiger partial charge >= 0.3 is 0 Å². The topological polar surface area (TPSA) is 0 Å². The Labute approximate surface area is 94.0 Å². The quantitative estimate of drug-likeness (QED) is 0.568. The normalized spacial score (nSPS) is 5.00. The van der Waals surface area contributed by atoms with Crippen molar-refractivity contribution >= 4 is 23.5 Å². The highest BCUT2D eigenvalue weighted by atomic mass is 32.2. The molecule has 0 amide bonds. The van der Waals surface area contributed by atoms with E-state index in [1.807, 2.05) is 0 Å². The van der Waals surface area contributed by atoms with Crippen molar-refractivity contribution in [1.82, 2.24) is 0 Å². The zero-order chi connectivity index (χ0) is 10.5. The van der Waals surface area contributed by atoms with Crippen LogP contribution in [0.4, 0.5) is 0 Å². The lowest BCUT2D eigenvalue weighted by atomic mass is 10.6. The second-order valence-corrected chi connectivity index (χ2v) is 2.84. The molecular formula is C12H6S2. The number of hydrogen-bond acceptors (Lipinski definition) is 2. The van der Waals surface area contributed by atoms with Gasteiger partial charge in [-0.2, -0.15) is 0 Å². The fourth-order valence-corrected chi connectivity index (χ4v) is 0.828. The Hall–Kier alpha value is -1.50. The second kappa shape index (κ2) is 11.5. The minimum Gasteiger partial charge on any atom is -0.0937 e. The summed E-state index contributed by atoms with van der Waals surface area (Å²) >= 11 is 2.45. The van der Waals surface area contributed by atoms with Crippen LogP contribution in [-0.4, -0.2) is 0 Å². The molecule has 0 aromatic heterocycles. The van der Waals surface area contributed by atoms with Crippen LogP contribution < -0.4 is 0 Å². The molecule has 0 aromatic rings. The van der Waals surface area contributed by atoms with Crippen LogP contribution in [0, 0.1) is 56.5 Å². The number of rotatable bonds is 0. The Bertz CT molecular complexity index is 415. The molecule has 0 aliphatic heterocycles. The molecule has 0 fully saturated rings. The van der Waals surface area contributed by atoms with Crippen molar-refractivity contribution in [3.8, 4) is 56.5 Å². The summed E-state index contributed by atoms with van der Waals surface area (Å²) in [5.41, 5.74) is 0. The van der Waals surface area contributed by atoms with Gasteiger partial charge < -0.3 is 0 Å². The summed E-state index contributed by atoms with van der Waals surface area (Å²) in [6.45, 7) is 3.52. The lowest BCUT2D eigenvalue weighted by Crippen LogP contribution is -1.51. The molecule has 14 heavy (non-hydrogen) atoms. The van der Waals surface area contributed by atoms with Crippen LogP contribution in [-0.2, 0) is 0 Å². The maximum atomic E-state index is 2.73. The van der Waals surface area contributed by atoms with Crippen molar-refractivity contribution in [3.63, 3.8) is 0 Å². The van der Waals surface area contributed by atoms with Crippen LogP contribution in [0.25, 0.3) is 0 Å². The van der Waals surface area contributed by atoms with Gasteiger partial charge in [-0.3, -0.25) is 0 Å². The van der Waals surface area contributed by atoms with Gasteiger partial charge in [0.15, 0.2) is 0 Å². The van der Waals surface area contributed by atoms with E-state index >= 15 is 0 Å². The molecule has 2 heteroatoms. The van der Waals surface area contributed by atoms with E-state index in [-0.39, 0.29) is 0 Å². The van der Waals surface area contributed by atoms with E-state index in [0.717, 1.165) is 0 Å². The molecule has 66 valence electrons. The molecule has 0 bridgehead atoms. The molecule has 0 radical (unpaired) electrons. The summed E-state index contributed by atoms with van der Waals surface area (Å²) in [5.74, 6) is 15.8. The van der Waals surface area contributed by atoms with E-state index in [4.69, 9.17) is 0 Å². The van der Waals surface area contributed by atoms with Gasteiger partial charge in [0.05, 0.1) is 0 Å². The molecule has 0 aliphatic rings. The summed E-state index contributed by atoms with van der Waals surface area (Å²) < 4.78 is 0. The van der Waals surface area contributed by atoms with Crippen LogP contribution in [0.1, 0.15) is 13.8 Å². The third-order valence-corrected chi connectivity index (χ3v) is 1.72. The van der Waals surface area contributed by atoms with Gasteiger partial charge in [0, 0.05) is 23.5 Å². The van der Waals surface area contributed by atoms with E-state index in [1.165, 1.54) is 23.5 Å². The third kappa shape index (κ3) is 10.5. The first kappa shape index (κ1) is 12.5. The Morgan fingerprint density at radius 3 is 1.36 bits per heavy atom. The van der Waals surface area contributed by atoms with E-state index in [0.29, 0.717) is 0 Å². The zero-order valence-corrected chi connectivity index (χ0v) is 9.45. The molecule has 0 heterocycles. The predicted molar refractivity (Wildman–Crippen MR) is 65.4 cm³/mol. The van der Waals surface area contributed by atoms with Crippen LogP contribution in [0.15, 0.2) is 0 Å². The highest BCUT2D eigenvalue weighted by molar-refractivity contribution is 8.08. The molecule has 0 spiro atoms. The van der Waals surface area contributed by atoms with Crippen LogP contribution >= 0.6 is 23.5 Å². The fraction of sp³-hybridized carbons (Fsp3) is 0.167. The van der Waals surface area contributed by atoms with Crippen molar-refractivity contribution < 1.29 is 0 Å².